The summed E-state index contributed by atoms with van der Waals surface area (Å²) in [5.74, 6) is -0.574. The molecule has 0 aliphatic carbocycles. The van der Waals surface area contributed by atoms with Crippen molar-refractivity contribution < 1.29 is 9.59 Å². The van der Waals surface area contributed by atoms with Crippen LogP contribution in [0.2, 0.25) is 0 Å². The van der Waals surface area contributed by atoms with E-state index in [2.05, 4.69) is 15.6 Å². The lowest BCUT2D eigenvalue weighted by molar-refractivity contribution is -0.120. The summed E-state index contributed by atoms with van der Waals surface area (Å²) in [4.78, 5) is 27.4. The Labute approximate surface area is 120 Å². The Kier molecular flexibility index (Phi) is 4.67. The van der Waals surface area contributed by atoms with Gasteiger partial charge in [-0.05, 0) is 24.3 Å². The zero-order valence-electron chi connectivity index (χ0n) is 10.6. The fourth-order valence-corrected chi connectivity index (χ4v) is 2.03. The van der Waals surface area contributed by atoms with Crippen LogP contribution in [0.4, 0.5) is 5.69 Å². The number of carbonyl (C=O) groups excluding carboxylic acids is 2. The highest BCUT2D eigenvalue weighted by Gasteiger charge is 2.07. The second-order valence-corrected chi connectivity index (χ2v) is 4.78. The van der Waals surface area contributed by atoms with Crippen LogP contribution in [0.1, 0.15) is 16.1 Å². The van der Waals surface area contributed by atoms with Gasteiger partial charge in [0.15, 0.2) is 0 Å². The van der Waals surface area contributed by atoms with Gasteiger partial charge in [0.2, 0.25) is 5.91 Å². The monoisotopic (exact) mass is 290 g/mol. The molecular formula is C13H14N4O2S. The molecule has 2 amide bonds. The molecule has 20 heavy (non-hydrogen) atoms. The zero-order valence-corrected chi connectivity index (χ0v) is 11.4. The van der Waals surface area contributed by atoms with Gasteiger partial charge < -0.3 is 16.4 Å². The molecule has 1 heterocycles. The maximum Gasteiger partial charge on any atom is 0.251 e. The van der Waals surface area contributed by atoms with E-state index >= 15 is 0 Å². The minimum atomic E-state index is -0.311. The number of nitrogens with one attached hydrogen (secondary N) is 2. The minimum absolute atomic E-state index is 0.0760. The summed E-state index contributed by atoms with van der Waals surface area (Å²) in [6.45, 7) is 0.285. The third-order valence-electron chi connectivity index (χ3n) is 2.53. The molecule has 1 aromatic heterocycles. The van der Waals surface area contributed by atoms with Gasteiger partial charge in [-0.3, -0.25) is 9.59 Å². The van der Waals surface area contributed by atoms with Gasteiger partial charge in [-0.2, -0.15) is 0 Å². The minimum Gasteiger partial charge on any atom is -0.399 e. The average Bonchev–Trinajstić information content (AvgIpc) is 2.96. The van der Waals surface area contributed by atoms with Crippen LogP contribution in [0.15, 0.2) is 35.2 Å². The van der Waals surface area contributed by atoms with Crippen LogP contribution in [-0.4, -0.2) is 23.3 Å². The van der Waals surface area contributed by atoms with E-state index in [1.54, 1.807) is 29.8 Å². The highest BCUT2D eigenvalue weighted by Crippen LogP contribution is 2.04. The third kappa shape index (κ3) is 4.06. The maximum absolute atomic E-state index is 11.8. The second kappa shape index (κ2) is 6.67. The fraction of sp³-hybridized carbons (Fsp3) is 0.154. The molecule has 1 aromatic carbocycles. The smallest absolute Gasteiger partial charge is 0.251 e. The number of nitrogen functional groups attached to an aromatic ring is 1. The van der Waals surface area contributed by atoms with Gasteiger partial charge in [0, 0.05) is 16.6 Å². The van der Waals surface area contributed by atoms with Crippen LogP contribution in [-0.2, 0) is 11.3 Å². The van der Waals surface area contributed by atoms with E-state index in [1.165, 1.54) is 11.3 Å². The highest BCUT2D eigenvalue weighted by molar-refractivity contribution is 7.07. The van der Waals surface area contributed by atoms with E-state index < -0.39 is 0 Å². The van der Waals surface area contributed by atoms with Crippen molar-refractivity contribution in [3.8, 4) is 0 Å². The number of aromatic nitrogens is 1. The topological polar surface area (TPSA) is 97.1 Å². The Bertz CT molecular complexity index is 581. The van der Waals surface area contributed by atoms with Crippen LogP contribution >= 0.6 is 11.3 Å². The number of nitrogens with two attached hydrogens (primary N) is 1. The van der Waals surface area contributed by atoms with Crippen molar-refractivity contribution in [1.29, 1.82) is 0 Å². The van der Waals surface area contributed by atoms with E-state index in [0.717, 1.165) is 5.69 Å². The lowest BCUT2D eigenvalue weighted by Crippen LogP contribution is -2.36. The highest BCUT2D eigenvalue weighted by atomic mass is 32.1. The molecule has 0 saturated carbocycles. The first-order valence-corrected chi connectivity index (χ1v) is 6.87. The second-order valence-electron chi connectivity index (χ2n) is 4.06. The molecule has 0 saturated heterocycles. The predicted molar refractivity (Wildman–Crippen MR) is 77.1 cm³/mol. The molecule has 0 atom stereocenters. The van der Waals surface area contributed by atoms with E-state index in [1.807, 2.05) is 5.38 Å². The van der Waals surface area contributed by atoms with Crippen LogP contribution < -0.4 is 16.4 Å². The molecule has 104 valence electrons. The van der Waals surface area contributed by atoms with E-state index in [9.17, 15) is 9.59 Å². The third-order valence-corrected chi connectivity index (χ3v) is 3.17. The number of anilines is 1. The van der Waals surface area contributed by atoms with Crippen molar-refractivity contribution in [3.63, 3.8) is 0 Å². The summed E-state index contributed by atoms with van der Waals surface area (Å²) >= 11 is 1.47. The Morgan fingerprint density at radius 3 is 2.60 bits per heavy atom. The van der Waals surface area contributed by atoms with Crippen molar-refractivity contribution >= 4 is 28.8 Å². The average molecular weight is 290 g/mol. The van der Waals surface area contributed by atoms with Crippen molar-refractivity contribution in [3.05, 3.63) is 46.4 Å². The molecule has 0 spiro atoms. The summed E-state index contributed by atoms with van der Waals surface area (Å²) in [6, 6.07) is 6.49. The molecule has 6 nitrogen and oxygen atoms in total. The fourth-order valence-electron chi connectivity index (χ4n) is 1.47. The Balaban J connectivity index is 1.75. The number of thiazole rings is 1. The molecule has 4 N–H and O–H groups in total. The summed E-state index contributed by atoms with van der Waals surface area (Å²) in [6.07, 6.45) is 0. The molecule has 0 aliphatic heterocycles. The number of nitrogens with zero attached hydrogens (tertiary/aromatic N) is 1. The molecule has 0 fully saturated rings. The Hall–Kier alpha value is -2.41. The van der Waals surface area contributed by atoms with Gasteiger partial charge >= 0.3 is 0 Å². The van der Waals surface area contributed by atoms with Gasteiger partial charge in [-0.1, -0.05) is 0 Å². The first-order valence-electron chi connectivity index (χ1n) is 5.92. The summed E-state index contributed by atoms with van der Waals surface area (Å²) in [5.41, 5.74) is 9.08. The van der Waals surface area contributed by atoms with Crippen molar-refractivity contribution in [2.45, 2.75) is 6.54 Å². The van der Waals surface area contributed by atoms with E-state index in [4.69, 9.17) is 5.73 Å². The molecule has 0 aliphatic rings. The number of rotatable bonds is 5. The lowest BCUT2D eigenvalue weighted by atomic mass is 10.2. The van der Waals surface area contributed by atoms with Crippen LogP contribution in [0, 0.1) is 0 Å². The first-order chi connectivity index (χ1) is 9.65. The van der Waals surface area contributed by atoms with Gasteiger partial charge in [0.25, 0.3) is 5.91 Å². The quantitative estimate of drug-likeness (QED) is 0.709. The molecule has 0 unspecified atom stereocenters. The SMILES string of the molecule is Nc1ccc(C(=O)NCC(=O)NCc2cscn2)cc1. The van der Waals surface area contributed by atoms with Gasteiger partial charge in [0.05, 0.1) is 24.3 Å². The van der Waals surface area contributed by atoms with E-state index in [-0.39, 0.29) is 18.4 Å². The molecular weight excluding hydrogens is 276 g/mol. The maximum atomic E-state index is 11.8. The Morgan fingerprint density at radius 1 is 1.20 bits per heavy atom. The predicted octanol–water partition coefficient (Wildman–Crippen LogP) is 0.771. The number of amides is 2. The molecule has 2 rings (SSSR count). The summed E-state index contributed by atoms with van der Waals surface area (Å²) in [7, 11) is 0. The van der Waals surface area contributed by atoms with Crippen LogP contribution in [0.3, 0.4) is 0 Å². The van der Waals surface area contributed by atoms with Gasteiger partial charge in [-0.15, -0.1) is 11.3 Å². The number of hydrogen-bond donors (Lipinski definition) is 3. The zero-order chi connectivity index (χ0) is 14.4. The van der Waals surface area contributed by atoms with Crippen molar-refractivity contribution in [2.75, 3.05) is 12.3 Å². The lowest BCUT2D eigenvalue weighted by Gasteiger charge is -2.06. The number of hydrogen-bond acceptors (Lipinski definition) is 5. The molecule has 0 radical (unpaired) electrons. The van der Waals surface area contributed by atoms with Gasteiger partial charge in [0.1, 0.15) is 0 Å². The first kappa shape index (κ1) is 14.0. The standard InChI is InChI=1S/C13H14N4O2S/c14-10-3-1-9(2-4-10)13(19)16-6-12(18)15-5-11-7-20-8-17-11/h1-4,7-8H,5-6,14H2,(H,15,18)(H,16,19). The summed E-state index contributed by atoms with van der Waals surface area (Å²) in [5, 5.41) is 7.06. The number of carbonyl (C=O) groups is 2. The molecule has 0 bridgehead atoms. The number of benzene rings is 1. The van der Waals surface area contributed by atoms with Gasteiger partial charge in [-0.25, -0.2) is 4.98 Å². The van der Waals surface area contributed by atoms with Crippen LogP contribution in [0.25, 0.3) is 0 Å². The Morgan fingerprint density at radius 2 is 1.95 bits per heavy atom. The summed E-state index contributed by atoms with van der Waals surface area (Å²) < 4.78 is 0. The van der Waals surface area contributed by atoms with Crippen molar-refractivity contribution in [1.82, 2.24) is 15.6 Å². The molecule has 7 heteroatoms. The largest absolute Gasteiger partial charge is 0.399 e. The normalized spacial score (nSPS) is 10.0. The molecule has 2 aromatic rings. The van der Waals surface area contributed by atoms with Crippen LogP contribution in [0.5, 0.6) is 0 Å². The van der Waals surface area contributed by atoms with Crippen molar-refractivity contribution in [2.24, 2.45) is 0 Å². The van der Waals surface area contributed by atoms with E-state index in [0.29, 0.717) is 17.8 Å².